The lowest BCUT2D eigenvalue weighted by molar-refractivity contribution is -0.151. The fraction of sp³-hybridized carbons (Fsp3) is 0.700. The maximum absolute atomic E-state index is 12.8. The number of halogens is 2. The van der Waals surface area contributed by atoms with Crippen LogP contribution >= 0.6 is 0 Å². The number of alkyl halides is 2. The molecule has 90 valence electrons. The van der Waals surface area contributed by atoms with E-state index in [-0.39, 0.29) is 5.69 Å². The van der Waals surface area contributed by atoms with Gasteiger partial charge in [-0.2, -0.15) is 5.10 Å². The molecule has 0 bridgehead atoms. The van der Waals surface area contributed by atoms with Crippen molar-refractivity contribution in [3.05, 3.63) is 17.5 Å². The van der Waals surface area contributed by atoms with E-state index in [1.165, 1.54) is 4.68 Å². The highest BCUT2D eigenvalue weighted by atomic mass is 19.3. The van der Waals surface area contributed by atoms with E-state index in [1.807, 2.05) is 6.92 Å². The molecule has 2 rings (SSSR count). The summed E-state index contributed by atoms with van der Waals surface area (Å²) in [5.41, 5.74) is 0.0631. The van der Waals surface area contributed by atoms with E-state index in [1.54, 1.807) is 13.1 Å². The van der Waals surface area contributed by atoms with Crippen molar-refractivity contribution in [1.82, 2.24) is 9.78 Å². The third kappa shape index (κ3) is 1.82. The van der Waals surface area contributed by atoms with Crippen LogP contribution in [0, 0.1) is 0 Å². The van der Waals surface area contributed by atoms with Crippen molar-refractivity contribution in [2.24, 2.45) is 0 Å². The molecule has 2 heterocycles. The molecule has 4 nitrogen and oxygen atoms in total. The Balaban J connectivity index is 2.41. The predicted molar refractivity (Wildman–Crippen MR) is 52.1 cm³/mol. The normalized spacial score (nSPS) is 19.6. The van der Waals surface area contributed by atoms with E-state index in [0.29, 0.717) is 25.3 Å². The molecule has 0 aliphatic carbocycles. The molecule has 1 aromatic rings. The lowest BCUT2D eigenvalue weighted by Crippen LogP contribution is -2.23. The summed E-state index contributed by atoms with van der Waals surface area (Å²) >= 11 is 0. The fourth-order valence-electron chi connectivity index (χ4n) is 1.78. The zero-order valence-corrected chi connectivity index (χ0v) is 9.24. The molecule has 6 heteroatoms. The summed E-state index contributed by atoms with van der Waals surface area (Å²) in [7, 11) is 0. The van der Waals surface area contributed by atoms with Crippen molar-refractivity contribution in [2.75, 3.05) is 13.2 Å². The van der Waals surface area contributed by atoms with Crippen LogP contribution < -0.4 is 0 Å². The third-order valence-electron chi connectivity index (χ3n) is 2.65. The van der Waals surface area contributed by atoms with E-state index < -0.39 is 12.2 Å². The summed E-state index contributed by atoms with van der Waals surface area (Å²) in [6, 6.07) is 0. The highest BCUT2D eigenvalue weighted by Gasteiger charge is 2.39. The van der Waals surface area contributed by atoms with Gasteiger partial charge in [-0.3, -0.25) is 4.68 Å². The first-order valence-corrected chi connectivity index (χ1v) is 5.20. The van der Waals surface area contributed by atoms with Crippen molar-refractivity contribution < 1.29 is 18.3 Å². The Morgan fingerprint density at radius 2 is 2.12 bits per heavy atom. The first kappa shape index (κ1) is 11.5. The summed E-state index contributed by atoms with van der Waals surface area (Å²) in [6.45, 7) is 4.84. The van der Waals surface area contributed by atoms with E-state index in [0.717, 1.165) is 0 Å². The Labute approximate surface area is 92.1 Å². The van der Waals surface area contributed by atoms with Gasteiger partial charge in [-0.05, 0) is 13.8 Å². The first-order chi connectivity index (χ1) is 7.57. The van der Waals surface area contributed by atoms with Crippen molar-refractivity contribution in [2.45, 2.75) is 32.6 Å². The molecule has 1 aliphatic heterocycles. The number of hydrogen-bond acceptors (Lipinski definition) is 3. The van der Waals surface area contributed by atoms with Crippen LogP contribution in [-0.4, -0.2) is 23.0 Å². The first-order valence-electron chi connectivity index (χ1n) is 5.20. The second-order valence-corrected chi connectivity index (χ2v) is 3.73. The minimum Gasteiger partial charge on any atom is -0.344 e. The molecule has 0 unspecified atom stereocenters. The Hall–Kier alpha value is -1.01. The fourth-order valence-corrected chi connectivity index (χ4v) is 1.78. The number of hydrogen-bond donors (Lipinski definition) is 0. The summed E-state index contributed by atoms with van der Waals surface area (Å²) in [5.74, 6) is -1.08. The second-order valence-electron chi connectivity index (χ2n) is 3.73. The van der Waals surface area contributed by atoms with Gasteiger partial charge in [0.2, 0.25) is 0 Å². The average molecular weight is 232 g/mol. The van der Waals surface area contributed by atoms with Crippen LogP contribution in [-0.2, 0) is 21.8 Å². The molecule has 1 aromatic heterocycles. The number of aryl methyl sites for hydroxylation is 1. The number of nitrogens with zero attached hydrogens (tertiary/aromatic N) is 2. The largest absolute Gasteiger partial charge is 0.344 e. The quantitative estimate of drug-likeness (QED) is 0.800. The average Bonchev–Trinajstić information content (AvgIpc) is 2.84. The zero-order valence-electron chi connectivity index (χ0n) is 9.24. The molecule has 0 amide bonds. The molecule has 0 radical (unpaired) electrons. The monoisotopic (exact) mass is 232 g/mol. The molecule has 0 atom stereocenters. The predicted octanol–water partition coefficient (Wildman–Crippen LogP) is 2.06. The van der Waals surface area contributed by atoms with Gasteiger partial charge in [-0.15, -0.1) is 0 Å². The minimum absolute atomic E-state index is 0.258. The van der Waals surface area contributed by atoms with Crippen LogP contribution in [0.2, 0.25) is 0 Å². The molecule has 0 saturated carbocycles. The van der Waals surface area contributed by atoms with E-state index in [9.17, 15) is 8.78 Å². The Kier molecular flexibility index (Phi) is 2.94. The molecule has 1 fully saturated rings. The van der Waals surface area contributed by atoms with E-state index in [4.69, 9.17) is 9.47 Å². The van der Waals surface area contributed by atoms with Gasteiger partial charge >= 0.3 is 0 Å². The van der Waals surface area contributed by atoms with Gasteiger partial charge in [0, 0.05) is 12.7 Å². The second kappa shape index (κ2) is 4.10. The Morgan fingerprint density at radius 1 is 1.50 bits per heavy atom. The summed E-state index contributed by atoms with van der Waals surface area (Å²) in [4.78, 5) is 0. The third-order valence-corrected chi connectivity index (χ3v) is 2.65. The van der Waals surface area contributed by atoms with E-state index >= 15 is 0 Å². The van der Waals surface area contributed by atoms with Gasteiger partial charge < -0.3 is 9.47 Å². The molecule has 0 N–H and O–H groups in total. The van der Waals surface area contributed by atoms with Gasteiger partial charge in [-0.1, -0.05) is 0 Å². The molecular formula is C10H14F2N2O2. The van der Waals surface area contributed by atoms with Crippen molar-refractivity contribution in [3.8, 4) is 0 Å². The van der Waals surface area contributed by atoms with Gasteiger partial charge in [0.25, 0.3) is 6.43 Å². The maximum atomic E-state index is 12.8. The van der Waals surface area contributed by atoms with Crippen LogP contribution in [0.1, 0.15) is 31.5 Å². The number of aromatic nitrogens is 2. The molecular weight excluding hydrogens is 218 g/mol. The van der Waals surface area contributed by atoms with Crippen LogP contribution in [0.3, 0.4) is 0 Å². The van der Waals surface area contributed by atoms with Gasteiger partial charge in [0.15, 0.2) is 5.79 Å². The highest BCUT2D eigenvalue weighted by molar-refractivity contribution is 5.24. The van der Waals surface area contributed by atoms with Crippen LogP contribution in [0.15, 0.2) is 6.20 Å². The lowest BCUT2D eigenvalue weighted by Gasteiger charge is -2.21. The van der Waals surface area contributed by atoms with Crippen molar-refractivity contribution >= 4 is 0 Å². The molecule has 16 heavy (non-hydrogen) atoms. The smallest absolute Gasteiger partial charge is 0.282 e. The van der Waals surface area contributed by atoms with Gasteiger partial charge in [0.05, 0.1) is 18.8 Å². The summed E-state index contributed by atoms with van der Waals surface area (Å²) in [5, 5.41) is 3.82. The van der Waals surface area contributed by atoms with Crippen LogP contribution in [0.4, 0.5) is 8.78 Å². The van der Waals surface area contributed by atoms with Crippen molar-refractivity contribution in [1.29, 1.82) is 0 Å². The molecule has 1 saturated heterocycles. The van der Waals surface area contributed by atoms with Gasteiger partial charge in [0.1, 0.15) is 5.69 Å². The molecule has 1 aliphatic rings. The standard InChI is InChI=1S/C10H14F2N2O2/c1-3-14-6-7(8(13-14)9(11)12)10(2)15-4-5-16-10/h6,9H,3-5H2,1-2H3. The minimum atomic E-state index is -2.62. The summed E-state index contributed by atoms with van der Waals surface area (Å²) < 4.78 is 37.8. The van der Waals surface area contributed by atoms with E-state index in [2.05, 4.69) is 5.10 Å². The van der Waals surface area contributed by atoms with Crippen LogP contribution in [0.5, 0.6) is 0 Å². The summed E-state index contributed by atoms with van der Waals surface area (Å²) in [6.07, 6.45) is -1.06. The SMILES string of the molecule is CCn1cc(C2(C)OCCO2)c(C(F)F)n1. The number of ether oxygens (including phenoxy) is 2. The maximum Gasteiger partial charge on any atom is 0.282 e. The lowest BCUT2D eigenvalue weighted by atomic mass is 10.1. The Morgan fingerprint density at radius 3 is 2.62 bits per heavy atom. The van der Waals surface area contributed by atoms with Gasteiger partial charge in [-0.25, -0.2) is 8.78 Å². The van der Waals surface area contributed by atoms with Crippen molar-refractivity contribution in [3.63, 3.8) is 0 Å². The highest BCUT2D eigenvalue weighted by Crippen LogP contribution is 2.36. The topological polar surface area (TPSA) is 36.3 Å². The Bertz CT molecular complexity index is 373. The zero-order chi connectivity index (χ0) is 11.8. The molecule has 0 aromatic carbocycles. The number of rotatable bonds is 3. The van der Waals surface area contributed by atoms with Crippen LogP contribution in [0.25, 0.3) is 0 Å². The molecule has 0 spiro atoms.